The molecule has 4 nitrogen and oxygen atoms in total. The van der Waals surface area contributed by atoms with Crippen molar-refractivity contribution in [1.29, 1.82) is 0 Å². The number of nitrogens with two attached hydrogens (primary N) is 1. The highest BCUT2D eigenvalue weighted by atomic mass is 79.9. The van der Waals surface area contributed by atoms with Crippen molar-refractivity contribution in [2.45, 2.75) is 6.54 Å². The molecule has 15 heavy (non-hydrogen) atoms. The van der Waals surface area contributed by atoms with Gasteiger partial charge < -0.3 is 10.5 Å². The minimum absolute atomic E-state index is 0.424. The first-order valence-electron chi connectivity index (χ1n) is 4.22. The molecule has 0 bridgehead atoms. The maximum Gasteiger partial charge on any atom is 0.298 e. The molecule has 2 rings (SSSR count). The van der Waals surface area contributed by atoms with Crippen molar-refractivity contribution in [2.24, 2.45) is 5.73 Å². The zero-order valence-electron chi connectivity index (χ0n) is 7.68. The monoisotopic (exact) mass is 285 g/mol. The summed E-state index contributed by atoms with van der Waals surface area (Å²) in [4.78, 5) is 3.94. The van der Waals surface area contributed by atoms with Gasteiger partial charge in [0.15, 0.2) is 0 Å². The molecule has 0 amide bonds. The Morgan fingerprint density at radius 3 is 3.00 bits per heavy atom. The summed E-state index contributed by atoms with van der Waals surface area (Å²) in [5.41, 5.74) is 6.55. The summed E-state index contributed by atoms with van der Waals surface area (Å²) in [5, 5.41) is 0.520. The SMILES string of the molecule is NCc1cc(Br)ccc1Oc1ncns1. The van der Waals surface area contributed by atoms with Gasteiger partial charge in [-0.15, -0.1) is 0 Å². The summed E-state index contributed by atoms with van der Waals surface area (Å²) in [6.45, 7) is 0.424. The first-order valence-corrected chi connectivity index (χ1v) is 5.79. The average Bonchev–Trinajstić information content (AvgIpc) is 2.73. The van der Waals surface area contributed by atoms with Crippen molar-refractivity contribution in [3.8, 4) is 10.9 Å². The highest BCUT2D eigenvalue weighted by molar-refractivity contribution is 9.10. The van der Waals surface area contributed by atoms with Gasteiger partial charge in [0.2, 0.25) is 0 Å². The van der Waals surface area contributed by atoms with Gasteiger partial charge in [-0.1, -0.05) is 15.9 Å². The fraction of sp³-hybridized carbons (Fsp3) is 0.111. The summed E-state index contributed by atoms with van der Waals surface area (Å²) >= 11 is 4.58. The molecular weight excluding hydrogens is 278 g/mol. The third kappa shape index (κ3) is 2.53. The van der Waals surface area contributed by atoms with E-state index in [1.807, 2.05) is 18.2 Å². The molecule has 1 heterocycles. The number of hydrogen-bond donors (Lipinski definition) is 1. The van der Waals surface area contributed by atoms with Crippen LogP contribution in [-0.2, 0) is 6.54 Å². The van der Waals surface area contributed by atoms with E-state index in [1.165, 1.54) is 17.9 Å². The predicted molar refractivity (Wildman–Crippen MR) is 62.0 cm³/mol. The molecule has 0 radical (unpaired) electrons. The second-order valence-electron chi connectivity index (χ2n) is 2.77. The fourth-order valence-corrected chi connectivity index (χ4v) is 1.92. The van der Waals surface area contributed by atoms with Gasteiger partial charge in [-0.3, -0.25) is 0 Å². The Hall–Kier alpha value is -0.980. The summed E-state index contributed by atoms with van der Waals surface area (Å²) in [5.74, 6) is 0.720. The highest BCUT2D eigenvalue weighted by Gasteiger charge is 2.06. The van der Waals surface area contributed by atoms with E-state index >= 15 is 0 Å². The molecule has 0 unspecified atom stereocenters. The van der Waals surface area contributed by atoms with Crippen molar-refractivity contribution in [1.82, 2.24) is 9.36 Å². The van der Waals surface area contributed by atoms with Crippen LogP contribution in [0.3, 0.4) is 0 Å². The summed E-state index contributed by atoms with van der Waals surface area (Å²) in [6.07, 6.45) is 1.46. The first-order chi connectivity index (χ1) is 7.29. The van der Waals surface area contributed by atoms with Crippen molar-refractivity contribution >= 4 is 27.5 Å². The third-order valence-electron chi connectivity index (χ3n) is 1.78. The summed E-state index contributed by atoms with van der Waals surface area (Å²) < 4.78 is 10.4. The molecular formula is C9H8BrN3OS. The Balaban J connectivity index is 2.28. The summed E-state index contributed by atoms with van der Waals surface area (Å²) in [6, 6.07) is 5.68. The third-order valence-corrected chi connectivity index (χ3v) is 2.82. The zero-order valence-corrected chi connectivity index (χ0v) is 10.1. The van der Waals surface area contributed by atoms with Gasteiger partial charge in [0.25, 0.3) is 5.19 Å². The number of rotatable bonds is 3. The topological polar surface area (TPSA) is 61.0 Å². The normalized spacial score (nSPS) is 10.3. The molecule has 0 atom stereocenters. The van der Waals surface area contributed by atoms with E-state index in [2.05, 4.69) is 25.3 Å². The minimum Gasteiger partial charge on any atom is -0.430 e. The molecule has 78 valence electrons. The van der Waals surface area contributed by atoms with E-state index in [9.17, 15) is 0 Å². The van der Waals surface area contributed by atoms with Crippen molar-refractivity contribution in [3.05, 3.63) is 34.6 Å². The lowest BCUT2D eigenvalue weighted by molar-refractivity contribution is 0.472. The minimum atomic E-state index is 0.424. The van der Waals surface area contributed by atoms with Crippen LogP contribution in [0.25, 0.3) is 0 Å². The Bertz CT molecular complexity index is 447. The molecule has 0 saturated heterocycles. The van der Waals surface area contributed by atoms with E-state index in [-0.39, 0.29) is 0 Å². The van der Waals surface area contributed by atoms with Crippen LogP contribution in [-0.4, -0.2) is 9.36 Å². The van der Waals surface area contributed by atoms with Crippen LogP contribution >= 0.6 is 27.5 Å². The molecule has 0 saturated carbocycles. The number of benzene rings is 1. The van der Waals surface area contributed by atoms with Crippen LogP contribution in [0.4, 0.5) is 0 Å². The molecule has 6 heteroatoms. The van der Waals surface area contributed by atoms with Gasteiger partial charge in [-0.2, -0.15) is 9.36 Å². The predicted octanol–water partition coefficient (Wildman–Crippen LogP) is 2.55. The highest BCUT2D eigenvalue weighted by Crippen LogP contribution is 2.27. The van der Waals surface area contributed by atoms with Crippen LogP contribution in [0.2, 0.25) is 0 Å². The van der Waals surface area contributed by atoms with E-state index in [0.29, 0.717) is 11.7 Å². The van der Waals surface area contributed by atoms with Crippen LogP contribution < -0.4 is 10.5 Å². The largest absolute Gasteiger partial charge is 0.430 e. The standard InChI is InChI=1S/C9H8BrN3OS/c10-7-1-2-8(6(3-7)4-11)14-9-12-5-13-15-9/h1-3,5H,4,11H2. The zero-order chi connectivity index (χ0) is 10.7. The lowest BCUT2D eigenvalue weighted by atomic mass is 10.2. The first kappa shape index (κ1) is 10.5. The Kier molecular flexibility index (Phi) is 3.30. The maximum absolute atomic E-state index is 5.62. The number of halogens is 1. The fourth-order valence-electron chi connectivity index (χ4n) is 1.11. The lowest BCUT2D eigenvalue weighted by Gasteiger charge is -2.07. The van der Waals surface area contributed by atoms with Crippen LogP contribution in [0.15, 0.2) is 29.0 Å². The molecule has 1 aromatic carbocycles. The molecule has 2 aromatic rings. The molecule has 0 aliphatic rings. The van der Waals surface area contributed by atoms with Crippen molar-refractivity contribution in [2.75, 3.05) is 0 Å². The molecule has 0 aliphatic heterocycles. The van der Waals surface area contributed by atoms with Crippen molar-refractivity contribution in [3.63, 3.8) is 0 Å². The van der Waals surface area contributed by atoms with Gasteiger partial charge in [-0.05, 0) is 18.2 Å². The van der Waals surface area contributed by atoms with Gasteiger partial charge in [0.05, 0.1) is 0 Å². The molecule has 0 spiro atoms. The van der Waals surface area contributed by atoms with Gasteiger partial charge >= 0.3 is 0 Å². The second-order valence-corrected chi connectivity index (χ2v) is 4.42. The molecule has 0 aliphatic carbocycles. The van der Waals surface area contributed by atoms with Gasteiger partial charge in [-0.25, -0.2) is 0 Å². The smallest absolute Gasteiger partial charge is 0.298 e. The molecule has 1 aromatic heterocycles. The van der Waals surface area contributed by atoms with E-state index in [1.54, 1.807) is 0 Å². The Morgan fingerprint density at radius 2 is 2.33 bits per heavy atom. The average molecular weight is 286 g/mol. The number of hydrogen-bond acceptors (Lipinski definition) is 5. The van der Waals surface area contributed by atoms with Crippen LogP contribution in [0.5, 0.6) is 10.9 Å². The maximum atomic E-state index is 5.62. The van der Waals surface area contributed by atoms with Gasteiger partial charge in [0, 0.05) is 28.1 Å². The van der Waals surface area contributed by atoms with Crippen molar-refractivity contribution < 1.29 is 4.74 Å². The number of aromatic nitrogens is 2. The van der Waals surface area contributed by atoms with E-state index < -0.39 is 0 Å². The molecule has 2 N–H and O–H groups in total. The summed E-state index contributed by atoms with van der Waals surface area (Å²) in [7, 11) is 0. The van der Waals surface area contributed by atoms with Crippen LogP contribution in [0.1, 0.15) is 5.56 Å². The Labute approximate surface area is 99.4 Å². The lowest BCUT2D eigenvalue weighted by Crippen LogP contribution is -1.99. The quantitative estimate of drug-likeness (QED) is 0.942. The Morgan fingerprint density at radius 1 is 1.47 bits per heavy atom. The second kappa shape index (κ2) is 4.69. The van der Waals surface area contributed by atoms with Crippen LogP contribution in [0, 0.1) is 0 Å². The van der Waals surface area contributed by atoms with E-state index in [0.717, 1.165) is 15.8 Å². The molecule has 0 fully saturated rings. The van der Waals surface area contributed by atoms with E-state index in [4.69, 9.17) is 10.5 Å². The number of ether oxygens (including phenoxy) is 1. The van der Waals surface area contributed by atoms with Gasteiger partial charge in [0.1, 0.15) is 12.1 Å². The number of nitrogens with zero attached hydrogens (tertiary/aromatic N) is 2.